The second-order valence-corrected chi connectivity index (χ2v) is 4.82. The smallest absolute Gasteiger partial charge is 0.314 e. The van der Waals surface area contributed by atoms with E-state index in [1.807, 2.05) is 0 Å². The maximum Gasteiger partial charge on any atom is 0.314 e. The van der Waals surface area contributed by atoms with Crippen molar-refractivity contribution >= 4 is 5.69 Å². The summed E-state index contributed by atoms with van der Waals surface area (Å²) in [6, 6.07) is 3.13. The number of nitro groups is 1. The van der Waals surface area contributed by atoms with Crippen molar-refractivity contribution in [2.75, 3.05) is 20.2 Å². The van der Waals surface area contributed by atoms with Gasteiger partial charge in [-0.05, 0) is 49.9 Å². The van der Waals surface area contributed by atoms with Gasteiger partial charge in [0.15, 0.2) is 5.75 Å². The molecule has 1 heterocycles. The number of hydrogen-bond acceptors (Lipinski definition) is 5. The minimum atomic E-state index is -0.580. The van der Waals surface area contributed by atoms with Gasteiger partial charge >= 0.3 is 5.69 Å². The molecule has 1 fully saturated rings. The molecule has 19 heavy (non-hydrogen) atoms. The van der Waals surface area contributed by atoms with Crippen molar-refractivity contribution in [1.29, 1.82) is 0 Å². The minimum Gasteiger partial charge on any atom is -0.500 e. The normalized spacial score (nSPS) is 16.3. The van der Waals surface area contributed by atoms with Crippen LogP contribution in [0, 0.1) is 16.0 Å². The molecule has 1 saturated heterocycles. The van der Waals surface area contributed by atoms with Gasteiger partial charge in [0.2, 0.25) is 5.75 Å². The van der Waals surface area contributed by atoms with Crippen LogP contribution in [0.2, 0.25) is 0 Å². The molecule has 2 N–H and O–H groups in total. The molecule has 0 aliphatic carbocycles. The Hall–Kier alpha value is -1.82. The fraction of sp³-hybridized carbons (Fsp3) is 0.538. The quantitative estimate of drug-likeness (QED) is 0.641. The highest BCUT2D eigenvalue weighted by Gasteiger charge is 2.21. The van der Waals surface area contributed by atoms with Crippen LogP contribution in [0.25, 0.3) is 0 Å². The van der Waals surface area contributed by atoms with Crippen molar-refractivity contribution < 1.29 is 14.8 Å². The van der Waals surface area contributed by atoms with E-state index in [9.17, 15) is 15.2 Å². The first-order valence-electron chi connectivity index (χ1n) is 6.36. The topological polar surface area (TPSA) is 84.6 Å². The molecule has 0 amide bonds. The molecule has 6 nitrogen and oxygen atoms in total. The molecular weight excluding hydrogens is 248 g/mol. The van der Waals surface area contributed by atoms with Crippen molar-refractivity contribution in [2.45, 2.75) is 19.3 Å². The van der Waals surface area contributed by atoms with E-state index in [1.165, 1.54) is 13.2 Å². The number of rotatable bonds is 4. The molecule has 0 atom stereocenters. The summed E-state index contributed by atoms with van der Waals surface area (Å²) in [5.41, 5.74) is 0.552. The molecule has 0 saturated carbocycles. The molecular formula is C13H18N2O4. The monoisotopic (exact) mass is 266 g/mol. The first-order valence-corrected chi connectivity index (χ1v) is 6.36. The summed E-state index contributed by atoms with van der Waals surface area (Å²) in [5, 5.41) is 23.9. The lowest BCUT2D eigenvalue weighted by Gasteiger charge is -2.22. The van der Waals surface area contributed by atoms with Gasteiger partial charge in [-0.15, -0.1) is 0 Å². The van der Waals surface area contributed by atoms with Gasteiger partial charge in [0.25, 0.3) is 0 Å². The van der Waals surface area contributed by atoms with Gasteiger partial charge in [0.1, 0.15) is 0 Å². The number of phenols is 1. The van der Waals surface area contributed by atoms with E-state index in [4.69, 9.17) is 4.74 Å². The second kappa shape index (κ2) is 5.88. The molecule has 0 bridgehead atoms. The Morgan fingerprint density at radius 1 is 1.47 bits per heavy atom. The summed E-state index contributed by atoms with van der Waals surface area (Å²) < 4.78 is 5.00. The standard InChI is InChI=1S/C13H18N2O4/c1-19-12-8-10(6-9-2-4-14-5-3-9)7-11(13(12)16)15(17)18/h7-9,14,16H,2-6H2,1H3. The lowest BCUT2D eigenvalue weighted by atomic mass is 9.90. The summed E-state index contributed by atoms with van der Waals surface area (Å²) in [4.78, 5) is 10.3. The van der Waals surface area contributed by atoms with Crippen molar-refractivity contribution in [3.05, 3.63) is 27.8 Å². The van der Waals surface area contributed by atoms with Crippen molar-refractivity contribution in [3.63, 3.8) is 0 Å². The Morgan fingerprint density at radius 3 is 2.74 bits per heavy atom. The molecule has 0 aromatic heterocycles. The highest BCUT2D eigenvalue weighted by molar-refractivity contribution is 5.57. The van der Waals surface area contributed by atoms with Crippen LogP contribution >= 0.6 is 0 Å². The van der Waals surface area contributed by atoms with E-state index in [2.05, 4.69) is 5.32 Å². The van der Waals surface area contributed by atoms with Gasteiger partial charge in [-0.2, -0.15) is 0 Å². The van der Waals surface area contributed by atoms with E-state index in [0.717, 1.165) is 37.9 Å². The van der Waals surface area contributed by atoms with Gasteiger partial charge < -0.3 is 15.2 Å². The van der Waals surface area contributed by atoms with Crippen LogP contribution in [-0.4, -0.2) is 30.2 Å². The zero-order chi connectivity index (χ0) is 13.8. The van der Waals surface area contributed by atoms with Crippen LogP contribution in [0.15, 0.2) is 12.1 Å². The zero-order valence-corrected chi connectivity index (χ0v) is 10.9. The fourth-order valence-electron chi connectivity index (χ4n) is 2.48. The molecule has 1 aromatic rings. The molecule has 0 radical (unpaired) electrons. The maximum atomic E-state index is 10.9. The first kappa shape index (κ1) is 13.6. The maximum absolute atomic E-state index is 10.9. The lowest BCUT2D eigenvalue weighted by molar-refractivity contribution is -0.386. The first-order chi connectivity index (χ1) is 9.11. The fourth-order valence-corrected chi connectivity index (χ4v) is 2.48. The van der Waals surface area contributed by atoms with Crippen LogP contribution in [0.4, 0.5) is 5.69 Å². The average molecular weight is 266 g/mol. The van der Waals surface area contributed by atoms with Gasteiger partial charge in [0.05, 0.1) is 12.0 Å². The summed E-state index contributed by atoms with van der Waals surface area (Å²) in [5.74, 6) is 0.287. The van der Waals surface area contributed by atoms with Gasteiger partial charge in [-0.1, -0.05) is 0 Å². The molecule has 1 aliphatic rings. The SMILES string of the molecule is COc1cc(CC2CCNCC2)cc([N+](=O)[O-])c1O. The third-order valence-corrected chi connectivity index (χ3v) is 3.51. The number of nitrogens with one attached hydrogen (secondary N) is 1. The zero-order valence-electron chi connectivity index (χ0n) is 10.9. The van der Waals surface area contributed by atoms with Gasteiger partial charge in [0, 0.05) is 6.07 Å². The van der Waals surface area contributed by atoms with Crippen LogP contribution in [-0.2, 0) is 6.42 Å². The van der Waals surface area contributed by atoms with Crippen molar-refractivity contribution in [3.8, 4) is 11.5 Å². The van der Waals surface area contributed by atoms with Gasteiger partial charge in [-0.3, -0.25) is 10.1 Å². The predicted molar refractivity (Wildman–Crippen MR) is 70.6 cm³/mol. The number of aromatic hydroxyl groups is 1. The number of methoxy groups -OCH3 is 1. The predicted octanol–water partition coefficient (Wildman–Crippen LogP) is 1.85. The van der Waals surface area contributed by atoms with E-state index in [0.29, 0.717) is 5.92 Å². The summed E-state index contributed by atoms with van der Waals surface area (Å²) >= 11 is 0. The number of piperidine rings is 1. The van der Waals surface area contributed by atoms with Crippen LogP contribution in [0.1, 0.15) is 18.4 Å². The summed E-state index contributed by atoms with van der Waals surface area (Å²) in [6.45, 7) is 1.98. The highest BCUT2D eigenvalue weighted by atomic mass is 16.6. The summed E-state index contributed by atoms with van der Waals surface area (Å²) in [7, 11) is 1.40. The number of benzene rings is 1. The minimum absolute atomic E-state index is 0.165. The summed E-state index contributed by atoms with van der Waals surface area (Å²) in [6.07, 6.45) is 2.91. The Bertz CT molecular complexity index is 470. The number of ether oxygens (including phenoxy) is 1. The van der Waals surface area contributed by atoms with Crippen LogP contribution in [0.5, 0.6) is 11.5 Å². The third kappa shape index (κ3) is 3.14. The van der Waals surface area contributed by atoms with E-state index in [-0.39, 0.29) is 11.4 Å². The lowest BCUT2D eigenvalue weighted by Crippen LogP contribution is -2.28. The molecule has 2 rings (SSSR count). The molecule has 0 spiro atoms. The molecule has 1 aromatic carbocycles. The Morgan fingerprint density at radius 2 is 2.16 bits per heavy atom. The Labute approximate surface area is 111 Å². The molecule has 6 heteroatoms. The second-order valence-electron chi connectivity index (χ2n) is 4.82. The largest absolute Gasteiger partial charge is 0.500 e. The van der Waals surface area contributed by atoms with Crippen molar-refractivity contribution in [2.24, 2.45) is 5.92 Å². The molecule has 104 valence electrons. The van der Waals surface area contributed by atoms with Gasteiger partial charge in [-0.25, -0.2) is 0 Å². The Balaban J connectivity index is 2.24. The van der Waals surface area contributed by atoms with Crippen LogP contribution < -0.4 is 10.1 Å². The molecule has 0 unspecified atom stereocenters. The molecule has 1 aliphatic heterocycles. The number of hydrogen-bond donors (Lipinski definition) is 2. The highest BCUT2D eigenvalue weighted by Crippen LogP contribution is 2.37. The average Bonchev–Trinajstić information content (AvgIpc) is 2.41. The third-order valence-electron chi connectivity index (χ3n) is 3.51. The van der Waals surface area contributed by atoms with Crippen molar-refractivity contribution in [1.82, 2.24) is 5.32 Å². The van der Waals surface area contributed by atoms with E-state index < -0.39 is 10.7 Å². The number of nitro benzene ring substituents is 1. The van der Waals surface area contributed by atoms with E-state index >= 15 is 0 Å². The Kier molecular flexibility index (Phi) is 4.21. The number of nitrogens with zero attached hydrogens (tertiary/aromatic N) is 1. The van der Waals surface area contributed by atoms with E-state index in [1.54, 1.807) is 6.07 Å². The van der Waals surface area contributed by atoms with Crippen LogP contribution in [0.3, 0.4) is 0 Å². The number of phenolic OH excluding ortho intramolecular Hbond substituents is 1.